The van der Waals surface area contributed by atoms with Gasteiger partial charge in [0.25, 0.3) is 10.0 Å². The number of nitrogen functional groups attached to an aromatic ring is 1. The van der Waals surface area contributed by atoms with Crippen LogP contribution in [0.15, 0.2) is 51.3 Å². The molecule has 3 aromatic rings. The molecular weight excluding hydrogens is 374 g/mol. The smallest absolute Gasteiger partial charge is 0.263 e. The summed E-state index contributed by atoms with van der Waals surface area (Å²) in [5.41, 5.74) is 9.18. The van der Waals surface area contributed by atoms with Crippen LogP contribution in [-0.2, 0) is 10.0 Å². The fraction of sp³-hybridized carbons (Fsp3) is 0. The number of nitrogens with two attached hydrogens (primary N) is 1. The van der Waals surface area contributed by atoms with Crippen LogP contribution in [0, 0.1) is 0 Å². The number of nitrogens with one attached hydrogen (secondary N) is 1. The maximum atomic E-state index is 12.4. The first-order chi connectivity index (χ1) is 9.95. The Labute approximate surface area is 134 Å². The van der Waals surface area contributed by atoms with Crippen LogP contribution in [0.1, 0.15) is 0 Å². The Morgan fingerprint density at radius 2 is 2.00 bits per heavy atom. The molecule has 5 nitrogen and oxygen atoms in total. The summed E-state index contributed by atoms with van der Waals surface area (Å²) in [4.78, 5) is 4.30. The molecule has 108 valence electrons. The summed E-state index contributed by atoms with van der Waals surface area (Å²) in [6.45, 7) is 0. The molecule has 21 heavy (non-hydrogen) atoms. The lowest BCUT2D eigenvalue weighted by Crippen LogP contribution is -2.13. The predicted molar refractivity (Wildman–Crippen MR) is 89.0 cm³/mol. The van der Waals surface area contributed by atoms with Crippen molar-refractivity contribution in [3.63, 3.8) is 0 Å². The maximum Gasteiger partial charge on any atom is 0.263 e. The zero-order valence-electron chi connectivity index (χ0n) is 10.6. The molecule has 0 saturated carbocycles. The zero-order valence-corrected chi connectivity index (χ0v) is 13.8. The molecule has 0 atom stereocenters. The Balaban J connectivity index is 1.98. The van der Waals surface area contributed by atoms with Crippen LogP contribution < -0.4 is 10.5 Å². The molecule has 0 aliphatic rings. The van der Waals surface area contributed by atoms with E-state index in [1.54, 1.807) is 35.8 Å². The van der Waals surface area contributed by atoms with Crippen LogP contribution >= 0.6 is 27.3 Å². The van der Waals surface area contributed by atoms with E-state index in [0.29, 0.717) is 15.8 Å². The number of sulfonamides is 1. The monoisotopic (exact) mass is 383 g/mol. The van der Waals surface area contributed by atoms with Crippen LogP contribution in [0.25, 0.3) is 10.2 Å². The van der Waals surface area contributed by atoms with E-state index < -0.39 is 10.0 Å². The van der Waals surface area contributed by atoms with Gasteiger partial charge in [-0.05, 0) is 52.3 Å². The van der Waals surface area contributed by atoms with E-state index >= 15 is 0 Å². The lowest BCUT2D eigenvalue weighted by molar-refractivity contribution is 0.601. The Kier molecular flexibility index (Phi) is 3.60. The van der Waals surface area contributed by atoms with Crippen molar-refractivity contribution >= 4 is 58.9 Å². The minimum Gasteiger partial charge on any atom is -0.399 e. The quantitative estimate of drug-likeness (QED) is 0.678. The number of fused-ring (bicyclic) bond motifs is 1. The topological polar surface area (TPSA) is 85.1 Å². The fourth-order valence-electron chi connectivity index (χ4n) is 1.86. The van der Waals surface area contributed by atoms with Gasteiger partial charge in [-0.15, -0.1) is 11.3 Å². The maximum absolute atomic E-state index is 12.4. The van der Waals surface area contributed by atoms with Crippen LogP contribution in [0.2, 0.25) is 0 Å². The summed E-state index contributed by atoms with van der Waals surface area (Å²) in [7, 11) is -3.68. The number of rotatable bonds is 3. The van der Waals surface area contributed by atoms with E-state index in [0.717, 1.165) is 10.2 Å². The van der Waals surface area contributed by atoms with Gasteiger partial charge in [-0.3, -0.25) is 4.72 Å². The number of benzene rings is 2. The van der Waals surface area contributed by atoms with Gasteiger partial charge in [0.15, 0.2) is 0 Å². The first kappa shape index (κ1) is 14.3. The van der Waals surface area contributed by atoms with Gasteiger partial charge in [0.05, 0.1) is 21.4 Å². The van der Waals surface area contributed by atoms with E-state index in [1.165, 1.54) is 17.4 Å². The Bertz CT molecular complexity index is 922. The Morgan fingerprint density at radius 3 is 2.76 bits per heavy atom. The van der Waals surface area contributed by atoms with Gasteiger partial charge in [0.1, 0.15) is 4.90 Å². The standard InChI is InChI=1S/C13H10BrN3O2S2/c14-10-5-8(15)1-4-13(10)21(18,19)17-9-2-3-11-12(6-9)20-7-16-11/h1-7,17H,15H2. The molecule has 0 radical (unpaired) electrons. The summed E-state index contributed by atoms with van der Waals surface area (Å²) >= 11 is 4.68. The van der Waals surface area contributed by atoms with Crippen molar-refractivity contribution < 1.29 is 8.42 Å². The second-order valence-electron chi connectivity index (χ2n) is 4.33. The van der Waals surface area contributed by atoms with Crippen LogP contribution in [0.5, 0.6) is 0 Å². The Hall–Kier alpha value is -1.64. The van der Waals surface area contributed by atoms with E-state index in [4.69, 9.17) is 5.73 Å². The van der Waals surface area contributed by atoms with E-state index in [9.17, 15) is 8.42 Å². The van der Waals surface area contributed by atoms with Crippen molar-refractivity contribution in [2.45, 2.75) is 4.90 Å². The molecule has 0 aliphatic heterocycles. The number of aromatic nitrogens is 1. The van der Waals surface area contributed by atoms with E-state index in [2.05, 4.69) is 25.6 Å². The minimum atomic E-state index is -3.68. The number of thiazole rings is 1. The molecule has 1 aromatic heterocycles. The molecule has 0 bridgehead atoms. The average Bonchev–Trinajstić information content (AvgIpc) is 2.85. The molecule has 8 heteroatoms. The summed E-state index contributed by atoms with van der Waals surface area (Å²) in [6.07, 6.45) is 0. The molecule has 3 N–H and O–H groups in total. The van der Waals surface area contributed by atoms with Crippen LogP contribution in [0.3, 0.4) is 0 Å². The van der Waals surface area contributed by atoms with Crippen LogP contribution in [0.4, 0.5) is 11.4 Å². The highest BCUT2D eigenvalue weighted by Crippen LogP contribution is 2.28. The van der Waals surface area contributed by atoms with Gasteiger partial charge in [0.2, 0.25) is 0 Å². The molecule has 0 fully saturated rings. The minimum absolute atomic E-state index is 0.140. The van der Waals surface area contributed by atoms with Crippen LogP contribution in [-0.4, -0.2) is 13.4 Å². The molecule has 2 aromatic carbocycles. The van der Waals surface area contributed by atoms with Crippen molar-refractivity contribution in [1.29, 1.82) is 0 Å². The van der Waals surface area contributed by atoms with E-state index in [1.807, 2.05) is 0 Å². The molecule has 0 amide bonds. The second kappa shape index (κ2) is 5.28. The van der Waals surface area contributed by atoms with Crippen molar-refractivity contribution in [2.24, 2.45) is 0 Å². The molecular formula is C13H10BrN3O2S2. The van der Waals surface area contributed by atoms with Gasteiger partial charge in [0, 0.05) is 10.2 Å². The van der Waals surface area contributed by atoms with Gasteiger partial charge in [-0.2, -0.15) is 0 Å². The summed E-state index contributed by atoms with van der Waals surface area (Å²) in [5.74, 6) is 0. The van der Waals surface area contributed by atoms with Crippen molar-refractivity contribution in [3.8, 4) is 0 Å². The predicted octanol–water partition coefficient (Wildman–Crippen LogP) is 3.44. The normalized spacial score (nSPS) is 11.7. The molecule has 0 saturated heterocycles. The first-order valence-electron chi connectivity index (χ1n) is 5.87. The highest BCUT2D eigenvalue weighted by Gasteiger charge is 2.18. The largest absolute Gasteiger partial charge is 0.399 e. The highest BCUT2D eigenvalue weighted by molar-refractivity contribution is 9.10. The third-order valence-electron chi connectivity index (χ3n) is 2.83. The summed E-state index contributed by atoms with van der Waals surface area (Å²) in [5, 5.41) is 0. The first-order valence-corrected chi connectivity index (χ1v) is 9.02. The van der Waals surface area contributed by atoms with Gasteiger partial charge in [-0.1, -0.05) is 0 Å². The number of halogens is 1. The third-order valence-corrected chi connectivity index (χ3v) is 5.98. The number of hydrogen-bond acceptors (Lipinski definition) is 5. The lowest BCUT2D eigenvalue weighted by atomic mass is 10.3. The fourth-order valence-corrected chi connectivity index (χ4v) is 4.73. The van der Waals surface area contributed by atoms with Gasteiger partial charge < -0.3 is 5.73 Å². The summed E-state index contributed by atoms with van der Waals surface area (Å²) in [6, 6.07) is 9.79. The SMILES string of the molecule is Nc1ccc(S(=O)(=O)Nc2ccc3ncsc3c2)c(Br)c1. The number of nitrogens with zero attached hydrogens (tertiary/aromatic N) is 1. The molecule has 0 spiro atoms. The highest BCUT2D eigenvalue weighted by atomic mass is 79.9. The Morgan fingerprint density at radius 1 is 1.19 bits per heavy atom. The third kappa shape index (κ3) is 2.87. The molecule has 3 rings (SSSR count). The summed E-state index contributed by atoms with van der Waals surface area (Å²) < 4.78 is 28.7. The van der Waals surface area contributed by atoms with Crippen molar-refractivity contribution in [3.05, 3.63) is 46.4 Å². The lowest BCUT2D eigenvalue weighted by Gasteiger charge is -2.10. The van der Waals surface area contributed by atoms with Gasteiger partial charge >= 0.3 is 0 Å². The second-order valence-corrected chi connectivity index (χ2v) is 7.72. The van der Waals surface area contributed by atoms with Crippen molar-refractivity contribution in [1.82, 2.24) is 4.98 Å². The van der Waals surface area contributed by atoms with E-state index in [-0.39, 0.29) is 4.90 Å². The molecule has 0 unspecified atom stereocenters. The number of anilines is 2. The van der Waals surface area contributed by atoms with Gasteiger partial charge in [-0.25, -0.2) is 13.4 Å². The van der Waals surface area contributed by atoms with Crippen molar-refractivity contribution in [2.75, 3.05) is 10.5 Å². The molecule has 0 aliphatic carbocycles. The molecule has 1 heterocycles. The zero-order chi connectivity index (χ0) is 15.0. The number of hydrogen-bond donors (Lipinski definition) is 2. The average molecular weight is 384 g/mol.